The second kappa shape index (κ2) is 6.04. The maximum Gasteiger partial charge on any atom is 0.342 e. The third-order valence-electron chi connectivity index (χ3n) is 2.61. The number of carbonyl (C=O) groups excluding carboxylic acids is 1. The molecule has 0 spiro atoms. The number of hydrogen-bond donors (Lipinski definition) is 1. The van der Waals surface area contributed by atoms with E-state index in [1.54, 1.807) is 30.3 Å². The van der Waals surface area contributed by atoms with Gasteiger partial charge < -0.3 is 10.5 Å². The van der Waals surface area contributed by atoms with Gasteiger partial charge in [-0.1, -0.05) is 23.7 Å². The molecule has 1 aromatic carbocycles. The van der Waals surface area contributed by atoms with E-state index in [4.69, 9.17) is 27.3 Å². The Morgan fingerprint density at radius 3 is 2.90 bits per heavy atom. The van der Waals surface area contributed by atoms with Crippen LogP contribution in [0.3, 0.4) is 0 Å². The predicted molar refractivity (Wildman–Crippen MR) is 73.9 cm³/mol. The number of hydrogen-bond acceptors (Lipinski definition) is 5. The van der Waals surface area contributed by atoms with Crippen molar-refractivity contribution in [2.75, 3.05) is 5.73 Å². The van der Waals surface area contributed by atoms with Gasteiger partial charge in [-0.3, -0.25) is 0 Å². The summed E-state index contributed by atoms with van der Waals surface area (Å²) in [5, 5.41) is 9.12. The van der Waals surface area contributed by atoms with E-state index < -0.39 is 5.97 Å². The van der Waals surface area contributed by atoms with Crippen molar-refractivity contribution in [3.05, 3.63) is 58.4 Å². The van der Waals surface area contributed by atoms with E-state index in [9.17, 15) is 4.79 Å². The molecule has 0 saturated carbocycles. The highest BCUT2D eigenvalue weighted by Crippen LogP contribution is 2.23. The minimum absolute atomic E-state index is 0.0692. The van der Waals surface area contributed by atoms with E-state index in [-0.39, 0.29) is 28.6 Å². The Labute approximate surface area is 120 Å². The number of nitrogens with zero attached hydrogens (tertiary/aromatic N) is 2. The van der Waals surface area contributed by atoms with Crippen molar-refractivity contribution in [1.82, 2.24) is 4.98 Å². The van der Waals surface area contributed by atoms with E-state index >= 15 is 0 Å². The lowest BCUT2D eigenvalue weighted by Gasteiger charge is -2.09. The lowest BCUT2D eigenvalue weighted by atomic mass is 10.2. The molecule has 2 N–H and O–H groups in total. The molecule has 0 aliphatic heterocycles. The molecule has 2 aromatic rings. The Hall–Kier alpha value is -2.58. The first-order valence-corrected chi connectivity index (χ1v) is 6.06. The lowest BCUT2D eigenvalue weighted by Crippen LogP contribution is -2.10. The number of aromatic nitrogens is 1. The van der Waals surface area contributed by atoms with Gasteiger partial charge in [-0.15, -0.1) is 0 Å². The Bertz CT molecular complexity index is 675. The standard InChI is InChI=1S/C14H10ClN3O2/c15-10-4-1-5-11(17)13(10)14(19)20-8-9-3-2-6-18-12(9)7-16/h1-6H,8,17H2. The number of ether oxygens (including phenoxy) is 1. The van der Waals surface area contributed by atoms with Crippen molar-refractivity contribution >= 4 is 23.3 Å². The van der Waals surface area contributed by atoms with Gasteiger partial charge in [0, 0.05) is 17.4 Å². The first-order chi connectivity index (χ1) is 9.63. The molecule has 0 saturated heterocycles. The minimum Gasteiger partial charge on any atom is -0.457 e. The quantitative estimate of drug-likeness (QED) is 0.692. The van der Waals surface area contributed by atoms with Crippen LogP contribution < -0.4 is 5.73 Å². The van der Waals surface area contributed by atoms with E-state index in [0.717, 1.165) is 0 Å². The largest absolute Gasteiger partial charge is 0.457 e. The van der Waals surface area contributed by atoms with Gasteiger partial charge in [0.05, 0.1) is 5.02 Å². The number of esters is 1. The Balaban J connectivity index is 2.16. The molecule has 0 radical (unpaired) electrons. The predicted octanol–water partition coefficient (Wildman–Crippen LogP) is 2.55. The molecule has 0 aliphatic carbocycles. The number of anilines is 1. The average molecular weight is 288 g/mol. The summed E-state index contributed by atoms with van der Waals surface area (Å²) in [7, 11) is 0. The maximum atomic E-state index is 12.0. The molecule has 2 rings (SSSR count). The number of nitriles is 1. The number of pyridine rings is 1. The lowest BCUT2D eigenvalue weighted by molar-refractivity contribution is 0.0473. The molecule has 1 aromatic heterocycles. The highest BCUT2D eigenvalue weighted by Gasteiger charge is 2.16. The van der Waals surface area contributed by atoms with E-state index in [1.165, 1.54) is 6.20 Å². The summed E-state index contributed by atoms with van der Waals surface area (Å²) in [4.78, 5) is 15.8. The average Bonchev–Trinajstić information content (AvgIpc) is 2.45. The Kier molecular flexibility index (Phi) is 4.18. The minimum atomic E-state index is -0.638. The van der Waals surface area contributed by atoms with Gasteiger partial charge in [-0.2, -0.15) is 5.26 Å². The molecule has 1 heterocycles. The summed E-state index contributed by atoms with van der Waals surface area (Å²) >= 11 is 5.92. The fourth-order valence-electron chi connectivity index (χ4n) is 1.63. The zero-order valence-corrected chi connectivity index (χ0v) is 11.1. The molecular weight excluding hydrogens is 278 g/mol. The monoisotopic (exact) mass is 287 g/mol. The summed E-state index contributed by atoms with van der Waals surface area (Å²) in [6.45, 7) is -0.0692. The van der Waals surface area contributed by atoms with Gasteiger partial charge in [-0.05, 0) is 18.2 Å². The molecular formula is C14H10ClN3O2. The van der Waals surface area contributed by atoms with E-state index in [0.29, 0.717) is 5.56 Å². The van der Waals surface area contributed by atoms with Crippen LogP contribution in [-0.2, 0) is 11.3 Å². The molecule has 0 amide bonds. The van der Waals surface area contributed by atoms with Crippen LogP contribution in [0.25, 0.3) is 0 Å². The van der Waals surface area contributed by atoms with Crippen LogP contribution in [0.5, 0.6) is 0 Å². The van der Waals surface area contributed by atoms with Crippen LogP contribution in [0, 0.1) is 11.3 Å². The zero-order valence-electron chi connectivity index (χ0n) is 10.3. The normalized spacial score (nSPS) is 9.80. The molecule has 20 heavy (non-hydrogen) atoms. The van der Waals surface area contributed by atoms with Gasteiger partial charge in [-0.25, -0.2) is 9.78 Å². The van der Waals surface area contributed by atoms with Gasteiger partial charge in [0.1, 0.15) is 23.9 Å². The van der Waals surface area contributed by atoms with Crippen LogP contribution in [-0.4, -0.2) is 11.0 Å². The van der Waals surface area contributed by atoms with Crippen LogP contribution in [0.2, 0.25) is 5.02 Å². The van der Waals surface area contributed by atoms with Gasteiger partial charge in [0.2, 0.25) is 0 Å². The van der Waals surface area contributed by atoms with Crippen molar-refractivity contribution in [2.45, 2.75) is 6.61 Å². The van der Waals surface area contributed by atoms with Crippen molar-refractivity contribution in [1.29, 1.82) is 5.26 Å². The van der Waals surface area contributed by atoms with Crippen LogP contribution in [0.1, 0.15) is 21.6 Å². The number of rotatable bonds is 3. The molecule has 100 valence electrons. The van der Waals surface area contributed by atoms with Crippen molar-refractivity contribution in [3.63, 3.8) is 0 Å². The fourth-order valence-corrected chi connectivity index (χ4v) is 1.89. The number of nitrogen functional groups attached to an aromatic ring is 1. The SMILES string of the molecule is N#Cc1ncccc1COC(=O)c1c(N)cccc1Cl. The van der Waals surface area contributed by atoms with Crippen LogP contribution in [0.4, 0.5) is 5.69 Å². The van der Waals surface area contributed by atoms with Gasteiger partial charge in [0.25, 0.3) is 0 Å². The van der Waals surface area contributed by atoms with Gasteiger partial charge in [0.15, 0.2) is 0 Å². The second-order valence-electron chi connectivity index (χ2n) is 3.90. The maximum absolute atomic E-state index is 12.0. The molecule has 0 unspecified atom stereocenters. The summed E-state index contributed by atoms with van der Waals surface area (Å²) in [5.74, 6) is -0.638. The zero-order chi connectivity index (χ0) is 14.5. The molecule has 0 fully saturated rings. The molecule has 0 aliphatic rings. The first kappa shape index (κ1) is 13.8. The summed E-state index contributed by atoms with van der Waals surface area (Å²) in [6, 6.07) is 10.0. The summed E-state index contributed by atoms with van der Waals surface area (Å²) in [6.07, 6.45) is 1.50. The summed E-state index contributed by atoms with van der Waals surface area (Å²) in [5.41, 5.74) is 6.80. The van der Waals surface area contributed by atoms with Crippen molar-refractivity contribution < 1.29 is 9.53 Å². The second-order valence-corrected chi connectivity index (χ2v) is 4.31. The first-order valence-electron chi connectivity index (χ1n) is 5.68. The smallest absolute Gasteiger partial charge is 0.342 e. The van der Waals surface area contributed by atoms with Crippen LogP contribution >= 0.6 is 11.6 Å². The number of halogens is 1. The van der Waals surface area contributed by atoms with E-state index in [2.05, 4.69) is 4.98 Å². The Morgan fingerprint density at radius 2 is 2.20 bits per heavy atom. The summed E-state index contributed by atoms with van der Waals surface area (Å²) < 4.78 is 5.12. The number of nitrogens with two attached hydrogens (primary N) is 1. The topological polar surface area (TPSA) is 89.0 Å². The van der Waals surface area contributed by atoms with Crippen LogP contribution in [0.15, 0.2) is 36.5 Å². The fraction of sp³-hybridized carbons (Fsp3) is 0.0714. The number of carbonyl (C=O) groups is 1. The number of benzene rings is 1. The third kappa shape index (κ3) is 2.87. The molecule has 5 nitrogen and oxygen atoms in total. The van der Waals surface area contributed by atoms with Gasteiger partial charge >= 0.3 is 5.97 Å². The molecule has 6 heteroatoms. The third-order valence-corrected chi connectivity index (χ3v) is 2.92. The highest BCUT2D eigenvalue weighted by atomic mass is 35.5. The molecule has 0 bridgehead atoms. The Morgan fingerprint density at radius 1 is 1.40 bits per heavy atom. The highest BCUT2D eigenvalue weighted by molar-refractivity contribution is 6.34. The van der Waals surface area contributed by atoms with Crippen molar-refractivity contribution in [3.8, 4) is 6.07 Å². The van der Waals surface area contributed by atoms with E-state index in [1.807, 2.05) is 6.07 Å². The van der Waals surface area contributed by atoms with Crippen molar-refractivity contribution in [2.24, 2.45) is 0 Å². The molecule has 0 atom stereocenters.